The molecule has 0 spiro atoms. The maximum atomic E-state index is 11.1. The molecule has 1 aromatic carbocycles. The summed E-state index contributed by atoms with van der Waals surface area (Å²) >= 11 is 3.19. The smallest absolute Gasteiger partial charge is 0.312 e. The van der Waals surface area contributed by atoms with Crippen LogP contribution in [0.1, 0.15) is 31.9 Å². The minimum atomic E-state index is -0.863. The predicted molar refractivity (Wildman–Crippen MR) is 78.0 cm³/mol. The van der Waals surface area contributed by atoms with Gasteiger partial charge in [-0.1, -0.05) is 22.9 Å². The summed E-state index contributed by atoms with van der Waals surface area (Å²) in [4.78, 5) is 10.5. The third kappa shape index (κ3) is 4.73. The van der Waals surface area contributed by atoms with Crippen molar-refractivity contribution in [2.24, 2.45) is 0 Å². The maximum Gasteiger partial charge on any atom is 0.312 e. The average Bonchev–Trinajstić information content (AvgIpc) is 2.38. The zero-order chi connectivity index (χ0) is 15.1. The molecule has 0 heterocycles. The van der Waals surface area contributed by atoms with Crippen LogP contribution in [-0.4, -0.2) is 29.9 Å². The van der Waals surface area contributed by atoms with E-state index in [4.69, 9.17) is 9.47 Å². The number of halogens is 1. The highest BCUT2D eigenvalue weighted by molar-refractivity contribution is 9.10. The normalized spacial score (nSPS) is 12.2. The van der Waals surface area contributed by atoms with Crippen molar-refractivity contribution in [3.05, 3.63) is 32.3 Å². The van der Waals surface area contributed by atoms with E-state index in [1.165, 1.54) is 13.0 Å². The van der Waals surface area contributed by atoms with Gasteiger partial charge >= 0.3 is 5.69 Å². The van der Waals surface area contributed by atoms with Gasteiger partial charge in [0.1, 0.15) is 6.61 Å². The molecule has 0 fully saturated rings. The number of hydrogen-bond donors (Lipinski definition) is 1. The lowest BCUT2D eigenvalue weighted by Gasteiger charge is -2.14. The van der Waals surface area contributed by atoms with Gasteiger partial charge < -0.3 is 14.6 Å². The molecular weight excluding hydrogens is 330 g/mol. The van der Waals surface area contributed by atoms with Crippen LogP contribution >= 0.6 is 15.9 Å². The molecule has 0 aromatic heterocycles. The summed E-state index contributed by atoms with van der Waals surface area (Å²) in [5.74, 6) is 0.0910. The van der Waals surface area contributed by atoms with Crippen LogP contribution in [0.5, 0.6) is 5.75 Å². The van der Waals surface area contributed by atoms with E-state index in [1.54, 1.807) is 6.07 Å². The molecule has 0 aliphatic carbocycles. The lowest BCUT2D eigenvalue weighted by atomic mass is 10.1. The predicted octanol–water partition coefficient (Wildman–Crippen LogP) is 3.22. The fraction of sp³-hybridized carbons (Fsp3) is 0.538. The van der Waals surface area contributed by atoms with E-state index >= 15 is 0 Å². The third-order valence-electron chi connectivity index (χ3n) is 2.53. The second-order valence-electron chi connectivity index (χ2n) is 4.24. The van der Waals surface area contributed by atoms with Gasteiger partial charge in [-0.3, -0.25) is 10.1 Å². The molecule has 6 nitrogen and oxygen atoms in total. The largest absolute Gasteiger partial charge is 0.484 e. The van der Waals surface area contributed by atoms with E-state index < -0.39 is 11.0 Å². The molecule has 0 radical (unpaired) electrons. The molecule has 20 heavy (non-hydrogen) atoms. The quantitative estimate of drug-likeness (QED) is 0.443. The van der Waals surface area contributed by atoms with Gasteiger partial charge in [-0.15, -0.1) is 0 Å². The van der Waals surface area contributed by atoms with Crippen molar-refractivity contribution in [3.63, 3.8) is 0 Å². The average molecular weight is 348 g/mol. The number of aliphatic hydroxyl groups is 1. The highest BCUT2D eigenvalue weighted by Gasteiger charge is 2.23. The Balaban J connectivity index is 2.92. The molecule has 0 bridgehead atoms. The van der Waals surface area contributed by atoms with Crippen LogP contribution in [0.2, 0.25) is 0 Å². The summed E-state index contributed by atoms with van der Waals surface area (Å²) < 4.78 is 11.2. The van der Waals surface area contributed by atoms with Crippen LogP contribution in [-0.2, 0) is 4.74 Å². The SMILES string of the molecule is CCCOCCOc1c([C@H](C)O)cc(Br)cc1[N+](=O)[O-]. The third-order valence-corrected chi connectivity index (χ3v) is 2.99. The summed E-state index contributed by atoms with van der Waals surface area (Å²) in [5, 5.41) is 20.8. The lowest BCUT2D eigenvalue weighted by molar-refractivity contribution is -0.386. The van der Waals surface area contributed by atoms with Crippen molar-refractivity contribution in [2.75, 3.05) is 19.8 Å². The number of nitro benzene ring substituents is 1. The van der Waals surface area contributed by atoms with Crippen LogP contribution in [0, 0.1) is 10.1 Å². The Kier molecular flexibility index (Phi) is 6.90. The van der Waals surface area contributed by atoms with Crippen molar-refractivity contribution in [2.45, 2.75) is 26.4 Å². The Morgan fingerprint density at radius 3 is 2.65 bits per heavy atom. The van der Waals surface area contributed by atoms with E-state index in [0.29, 0.717) is 23.2 Å². The van der Waals surface area contributed by atoms with Gasteiger partial charge in [0, 0.05) is 22.7 Å². The molecular formula is C13H18BrNO5. The van der Waals surface area contributed by atoms with Crippen LogP contribution < -0.4 is 4.74 Å². The topological polar surface area (TPSA) is 81.8 Å². The summed E-state index contributed by atoms with van der Waals surface area (Å²) in [5.41, 5.74) is 0.201. The maximum absolute atomic E-state index is 11.1. The number of rotatable bonds is 8. The first kappa shape index (κ1) is 16.9. The number of nitro groups is 1. The van der Waals surface area contributed by atoms with Crippen molar-refractivity contribution in [3.8, 4) is 5.75 Å². The molecule has 0 saturated carbocycles. The first-order valence-corrected chi connectivity index (χ1v) is 7.13. The standard InChI is InChI=1S/C13H18BrNO5/c1-3-4-19-5-6-20-13-11(9(2)16)7-10(14)8-12(13)15(17)18/h7-9,16H,3-6H2,1-2H3/t9-/m0/s1. The zero-order valence-electron chi connectivity index (χ0n) is 11.5. The Labute approximate surface area is 126 Å². The van der Waals surface area contributed by atoms with E-state index in [0.717, 1.165) is 6.42 Å². The molecule has 0 amide bonds. The van der Waals surface area contributed by atoms with Crippen LogP contribution in [0.15, 0.2) is 16.6 Å². The first-order chi connectivity index (χ1) is 9.47. The minimum absolute atomic E-state index is 0.0910. The van der Waals surface area contributed by atoms with Gasteiger partial charge in [0.15, 0.2) is 0 Å². The molecule has 1 N–H and O–H groups in total. The molecule has 0 saturated heterocycles. The fourth-order valence-electron chi connectivity index (χ4n) is 1.65. The number of hydrogen-bond acceptors (Lipinski definition) is 5. The molecule has 112 valence electrons. The van der Waals surface area contributed by atoms with Gasteiger partial charge in [-0.05, 0) is 19.4 Å². The molecule has 0 aliphatic heterocycles. The molecule has 0 aliphatic rings. The van der Waals surface area contributed by atoms with Gasteiger partial charge in [0.25, 0.3) is 0 Å². The molecule has 0 unspecified atom stereocenters. The van der Waals surface area contributed by atoms with Gasteiger partial charge in [-0.25, -0.2) is 0 Å². The van der Waals surface area contributed by atoms with Crippen molar-refractivity contribution < 1.29 is 19.5 Å². The van der Waals surface area contributed by atoms with Crippen LogP contribution in [0.3, 0.4) is 0 Å². The molecule has 1 aromatic rings. The van der Waals surface area contributed by atoms with Crippen molar-refractivity contribution in [1.29, 1.82) is 0 Å². The highest BCUT2D eigenvalue weighted by atomic mass is 79.9. The second-order valence-corrected chi connectivity index (χ2v) is 5.15. The Hall–Kier alpha value is -1.18. The van der Waals surface area contributed by atoms with E-state index in [1.807, 2.05) is 6.92 Å². The summed E-state index contributed by atoms with van der Waals surface area (Å²) in [6, 6.07) is 2.97. The minimum Gasteiger partial charge on any atom is -0.484 e. The van der Waals surface area contributed by atoms with E-state index in [-0.39, 0.29) is 18.0 Å². The first-order valence-electron chi connectivity index (χ1n) is 6.33. The van der Waals surface area contributed by atoms with Gasteiger partial charge in [0.2, 0.25) is 5.75 Å². The summed E-state index contributed by atoms with van der Waals surface area (Å²) in [7, 11) is 0. The highest BCUT2D eigenvalue weighted by Crippen LogP contribution is 2.37. The van der Waals surface area contributed by atoms with Gasteiger partial charge in [-0.2, -0.15) is 0 Å². The van der Waals surface area contributed by atoms with Crippen LogP contribution in [0.4, 0.5) is 5.69 Å². The second kappa shape index (κ2) is 8.18. The van der Waals surface area contributed by atoms with Crippen molar-refractivity contribution in [1.82, 2.24) is 0 Å². The van der Waals surface area contributed by atoms with Crippen LogP contribution in [0.25, 0.3) is 0 Å². The molecule has 1 atom stereocenters. The summed E-state index contributed by atoms with van der Waals surface area (Å²) in [6.07, 6.45) is 0.0370. The Morgan fingerprint density at radius 2 is 2.10 bits per heavy atom. The van der Waals surface area contributed by atoms with E-state index in [9.17, 15) is 15.2 Å². The molecule has 7 heteroatoms. The lowest BCUT2D eigenvalue weighted by Crippen LogP contribution is -2.10. The van der Waals surface area contributed by atoms with E-state index in [2.05, 4.69) is 15.9 Å². The van der Waals surface area contributed by atoms with Crippen molar-refractivity contribution >= 4 is 21.6 Å². The number of benzene rings is 1. The van der Waals surface area contributed by atoms with Gasteiger partial charge in [0.05, 0.1) is 17.6 Å². The number of ether oxygens (including phenoxy) is 2. The zero-order valence-corrected chi connectivity index (χ0v) is 13.1. The Bertz CT molecular complexity index is 464. The monoisotopic (exact) mass is 347 g/mol. The number of nitrogens with zero attached hydrogens (tertiary/aromatic N) is 1. The molecule has 1 rings (SSSR count). The summed E-state index contributed by atoms with van der Waals surface area (Å²) in [6.45, 7) is 4.69. The number of aliphatic hydroxyl groups excluding tert-OH is 1. The Morgan fingerprint density at radius 1 is 1.40 bits per heavy atom. The fourth-order valence-corrected chi connectivity index (χ4v) is 2.12.